The highest BCUT2D eigenvalue weighted by Gasteiger charge is 2.36. The van der Waals surface area contributed by atoms with Crippen molar-refractivity contribution in [2.75, 3.05) is 20.1 Å². The molecule has 1 aliphatic heterocycles. The molecule has 0 aliphatic carbocycles. The van der Waals surface area contributed by atoms with Crippen molar-refractivity contribution in [3.05, 3.63) is 34.6 Å². The fourth-order valence-electron chi connectivity index (χ4n) is 2.17. The molecule has 1 fully saturated rings. The Morgan fingerprint density at radius 1 is 1.05 bits per heavy atom. The van der Waals surface area contributed by atoms with Gasteiger partial charge in [-0.15, -0.1) is 0 Å². The summed E-state index contributed by atoms with van der Waals surface area (Å²) in [4.78, 5) is 12.7. The number of β-amino-alcohol motifs (C(OH)–C–C–N with tert-alkyl or cyclic N) is 1. The quantitative estimate of drug-likeness (QED) is 0.482. The van der Waals surface area contributed by atoms with E-state index < -0.39 is 52.7 Å². The van der Waals surface area contributed by atoms with Crippen LogP contribution < -0.4 is 5.32 Å². The van der Waals surface area contributed by atoms with E-state index in [0.717, 1.165) is 11.9 Å². The van der Waals surface area contributed by atoms with Gasteiger partial charge in [0.05, 0.1) is 12.1 Å². The van der Waals surface area contributed by atoms with Crippen molar-refractivity contribution in [3.8, 4) is 0 Å². The van der Waals surface area contributed by atoms with E-state index in [1.54, 1.807) is 0 Å². The molecular weight excluding hydrogens is 299 g/mol. The first-order chi connectivity index (χ1) is 9.77. The number of hydrogen-bond donors (Lipinski definition) is 2. The Morgan fingerprint density at radius 3 is 1.95 bits per heavy atom. The minimum Gasteiger partial charge on any atom is -0.390 e. The minimum absolute atomic E-state index is 0.138. The first-order valence-corrected chi connectivity index (χ1v) is 5.94. The maximum atomic E-state index is 13.6. The Balaban J connectivity index is 2.44. The molecule has 2 rings (SSSR count). The van der Waals surface area contributed by atoms with Gasteiger partial charge < -0.3 is 15.3 Å². The number of carbonyl (C=O) groups excluding carboxylic acids is 1. The van der Waals surface area contributed by atoms with E-state index in [9.17, 15) is 31.9 Å². The second kappa shape index (κ2) is 5.57. The maximum absolute atomic E-state index is 13.6. The highest BCUT2D eigenvalue weighted by molar-refractivity contribution is 5.95. The summed E-state index contributed by atoms with van der Waals surface area (Å²) in [6, 6.07) is -0.826. The molecule has 0 unspecified atom stereocenters. The van der Waals surface area contributed by atoms with Crippen molar-refractivity contribution < 1.29 is 31.9 Å². The Bertz CT molecular complexity index is 566. The van der Waals surface area contributed by atoms with Crippen LogP contribution in [-0.2, 0) is 0 Å². The molecule has 0 saturated carbocycles. The number of nitrogens with zero attached hydrogens (tertiary/aromatic N) is 1. The number of amides is 1. The average Bonchev–Trinajstić information content (AvgIpc) is 2.88. The molecular formula is C12H11F5N2O2. The lowest BCUT2D eigenvalue weighted by Crippen LogP contribution is -2.45. The molecule has 9 heteroatoms. The number of aliphatic hydroxyl groups is 1. The molecule has 2 atom stereocenters. The normalized spacial score (nSPS) is 21.7. The lowest BCUT2D eigenvalue weighted by molar-refractivity contribution is 0.0569. The molecule has 21 heavy (non-hydrogen) atoms. The third-order valence-corrected chi connectivity index (χ3v) is 3.39. The van der Waals surface area contributed by atoms with Gasteiger partial charge in [-0.2, -0.15) is 0 Å². The molecule has 1 heterocycles. The van der Waals surface area contributed by atoms with Crippen LogP contribution >= 0.6 is 0 Å². The molecule has 1 aliphatic rings. The SMILES string of the molecule is CN(C(=O)c1c(F)c(F)c(F)c(F)c1F)[C@@H]1CNC[C@H]1O. The third kappa shape index (κ3) is 2.46. The van der Waals surface area contributed by atoms with E-state index in [1.807, 2.05) is 0 Å². The van der Waals surface area contributed by atoms with Gasteiger partial charge in [0.1, 0.15) is 5.56 Å². The Kier molecular flexibility index (Phi) is 4.15. The largest absolute Gasteiger partial charge is 0.390 e. The lowest BCUT2D eigenvalue weighted by atomic mass is 10.1. The zero-order valence-corrected chi connectivity index (χ0v) is 10.8. The number of aliphatic hydroxyl groups excluding tert-OH is 1. The Hall–Kier alpha value is -1.74. The number of carbonyl (C=O) groups is 1. The Morgan fingerprint density at radius 2 is 1.52 bits per heavy atom. The summed E-state index contributed by atoms with van der Waals surface area (Å²) in [5.41, 5.74) is -1.53. The maximum Gasteiger partial charge on any atom is 0.260 e. The number of hydrogen-bond acceptors (Lipinski definition) is 3. The van der Waals surface area contributed by atoms with Crippen molar-refractivity contribution in [3.63, 3.8) is 0 Å². The second-order valence-corrected chi connectivity index (χ2v) is 4.65. The predicted octanol–water partition coefficient (Wildman–Crippen LogP) is 0.787. The Labute approximate surface area is 116 Å². The van der Waals surface area contributed by atoms with Crippen molar-refractivity contribution in [1.82, 2.24) is 10.2 Å². The van der Waals surface area contributed by atoms with Crippen LogP contribution in [0.15, 0.2) is 0 Å². The first-order valence-electron chi connectivity index (χ1n) is 5.94. The van der Waals surface area contributed by atoms with Crippen LogP contribution in [0, 0.1) is 29.1 Å². The van der Waals surface area contributed by atoms with Gasteiger partial charge in [0.25, 0.3) is 5.91 Å². The average molecular weight is 310 g/mol. The van der Waals surface area contributed by atoms with Crippen LogP contribution in [0.25, 0.3) is 0 Å². The number of nitrogens with one attached hydrogen (secondary N) is 1. The number of rotatable bonds is 2. The number of benzene rings is 1. The van der Waals surface area contributed by atoms with Crippen LogP contribution in [0.4, 0.5) is 22.0 Å². The summed E-state index contributed by atoms with van der Waals surface area (Å²) < 4.78 is 66.2. The van der Waals surface area contributed by atoms with Gasteiger partial charge in [-0.3, -0.25) is 4.79 Å². The van der Waals surface area contributed by atoms with Crippen LogP contribution in [0.1, 0.15) is 10.4 Å². The molecule has 2 N–H and O–H groups in total. The molecule has 0 bridgehead atoms. The summed E-state index contributed by atoms with van der Waals surface area (Å²) in [5.74, 6) is -12.5. The minimum atomic E-state index is -2.33. The number of halogens is 5. The zero-order chi connectivity index (χ0) is 15.9. The summed E-state index contributed by atoms with van der Waals surface area (Å²) in [5, 5.41) is 12.3. The fourth-order valence-corrected chi connectivity index (χ4v) is 2.17. The van der Waals surface area contributed by atoms with Crippen molar-refractivity contribution in [2.45, 2.75) is 12.1 Å². The van der Waals surface area contributed by atoms with Crippen molar-refractivity contribution >= 4 is 5.91 Å². The molecule has 0 spiro atoms. The van der Waals surface area contributed by atoms with E-state index >= 15 is 0 Å². The lowest BCUT2D eigenvalue weighted by Gasteiger charge is -2.26. The smallest absolute Gasteiger partial charge is 0.260 e. The zero-order valence-electron chi connectivity index (χ0n) is 10.8. The monoisotopic (exact) mass is 310 g/mol. The summed E-state index contributed by atoms with van der Waals surface area (Å²) >= 11 is 0. The van der Waals surface area contributed by atoms with E-state index in [1.165, 1.54) is 0 Å². The van der Waals surface area contributed by atoms with Gasteiger partial charge >= 0.3 is 0 Å². The summed E-state index contributed by atoms with van der Waals surface area (Å²) in [6.45, 7) is 0.290. The first kappa shape index (κ1) is 15.6. The molecule has 1 saturated heterocycles. The number of likely N-dealkylation sites (N-methyl/N-ethyl adjacent to an activating group) is 1. The highest BCUT2D eigenvalue weighted by Crippen LogP contribution is 2.25. The van der Waals surface area contributed by atoms with Crippen molar-refractivity contribution in [1.29, 1.82) is 0 Å². The molecule has 1 aromatic carbocycles. The van der Waals surface area contributed by atoms with Crippen LogP contribution in [-0.4, -0.2) is 48.2 Å². The van der Waals surface area contributed by atoms with Gasteiger partial charge in [0.2, 0.25) is 5.82 Å². The van der Waals surface area contributed by atoms with E-state index in [-0.39, 0.29) is 13.1 Å². The van der Waals surface area contributed by atoms with Gasteiger partial charge in [-0.1, -0.05) is 0 Å². The van der Waals surface area contributed by atoms with Crippen LogP contribution in [0.2, 0.25) is 0 Å². The van der Waals surface area contributed by atoms with E-state index in [0.29, 0.717) is 0 Å². The molecule has 116 valence electrons. The van der Waals surface area contributed by atoms with Crippen molar-refractivity contribution in [2.24, 2.45) is 0 Å². The molecule has 1 amide bonds. The standard InChI is InChI=1S/C12H11F5N2O2/c1-19(4-2-18-3-5(4)20)12(21)6-7(13)9(15)11(17)10(16)8(6)14/h4-5,18,20H,2-3H2,1H3/t4-,5-/m1/s1. The van der Waals surface area contributed by atoms with E-state index in [4.69, 9.17) is 0 Å². The van der Waals surface area contributed by atoms with Gasteiger partial charge in [0, 0.05) is 20.1 Å². The summed E-state index contributed by atoms with van der Waals surface area (Å²) in [6.07, 6.45) is -1.000. The molecule has 4 nitrogen and oxygen atoms in total. The van der Waals surface area contributed by atoms with Crippen LogP contribution in [0.5, 0.6) is 0 Å². The molecule has 0 radical (unpaired) electrons. The van der Waals surface area contributed by atoms with E-state index in [2.05, 4.69) is 5.32 Å². The third-order valence-electron chi connectivity index (χ3n) is 3.39. The van der Waals surface area contributed by atoms with Crippen LogP contribution in [0.3, 0.4) is 0 Å². The van der Waals surface area contributed by atoms with Gasteiger partial charge in [0.15, 0.2) is 23.3 Å². The topological polar surface area (TPSA) is 52.6 Å². The van der Waals surface area contributed by atoms with Gasteiger partial charge in [-0.25, -0.2) is 22.0 Å². The fraction of sp³-hybridized carbons (Fsp3) is 0.417. The second-order valence-electron chi connectivity index (χ2n) is 4.65. The molecule has 1 aromatic rings. The molecule has 0 aromatic heterocycles. The highest BCUT2D eigenvalue weighted by atomic mass is 19.2. The summed E-state index contributed by atoms with van der Waals surface area (Å²) in [7, 11) is 1.11. The predicted molar refractivity (Wildman–Crippen MR) is 61.0 cm³/mol. The van der Waals surface area contributed by atoms with Gasteiger partial charge in [-0.05, 0) is 0 Å².